The van der Waals surface area contributed by atoms with Gasteiger partial charge in [0.25, 0.3) is 0 Å². The first-order chi connectivity index (χ1) is 9.39. The lowest BCUT2D eigenvalue weighted by Gasteiger charge is -2.12. The highest BCUT2D eigenvalue weighted by atomic mass is 32.2. The zero-order valence-electron chi connectivity index (χ0n) is 12.1. The predicted octanol–water partition coefficient (Wildman–Crippen LogP) is 1.15. The SMILES string of the molecule is COc1cc2c(cc1CNCCS(C)(=O)=O)OC(C)C2. The Morgan fingerprint density at radius 2 is 2.20 bits per heavy atom. The first-order valence-electron chi connectivity index (χ1n) is 6.64. The molecule has 1 atom stereocenters. The molecular formula is C14H21NO4S. The molecular weight excluding hydrogens is 278 g/mol. The topological polar surface area (TPSA) is 64.6 Å². The summed E-state index contributed by atoms with van der Waals surface area (Å²) in [5.41, 5.74) is 2.14. The van der Waals surface area contributed by atoms with E-state index in [4.69, 9.17) is 9.47 Å². The summed E-state index contributed by atoms with van der Waals surface area (Å²) in [7, 11) is -1.29. The van der Waals surface area contributed by atoms with Crippen LogP contribution < -0.4 is 14.8 Å². The number of hydrogen-bond acceptors (Lipinski definition) is 5. The third-order valence-corrected chi connectivity index (χ3v) is 4.21. The minimum atomic E-state index is -2.93. The minimum Gasteiger partial charge on any atom is -0.496 e. The van der Waals surface area contributed by atoms with Crippen LogP contribution in [-0.2, 0) is 22.8 Å². The number of nitrogens with one attached hydrogen (secondary N) is 1. The van der Waals surface area contributed by atoms with E-state index in [1.165, 1.54) is 6.26 Å². The van der Waals surface area contributed by atoms with Crippen molar-refractivity contribution in [2.24, 2.45) is 0 Å². The Morgan fingerprint density at radius 3 is 2.85 bits per heavy atom. The van der Waals surface area contributed by atoms with Gasteiger partial charge in [0.15, 0.2) is 0 Å². The van der Waals surface area contributed by atoms with Crippen LogP contribution in [0.4, 0.5) is 0 Å². The largest absolute Gasteiger partial charge is 0.496 e. The highest BCUT2D eigenvalue weighted by molar-refractivity contribution is 7.90. The van der Waals surface area contributed by atoms with Crippen molar-refractivity contribution in [1.82, 2.24) is 5.32 Å². The summed E-state index contributed by atoms with van der Waals surface area (Å²) < 4.78 is 33.3. The Labute approximate surface area is 120 Å². The summed E-state index contributed by atoms with van der Waals surface area (Å²) in [6, 6.07) is 3.98. The third kappa shape index (κ3) is 3.86. The number of sulfone groups is 1. The van der Waals surface area contributed by atoms with Gasteiger partial charge < -0.3 is 14.8 Å². The molecule has 0 fully saturated rings. The molecule has 1 unspecified atom stereocenters. The number of fused-ring (bicyclic) bond motifs is 1. The van der Waals surface area contributed by atoms with E-state index in [1.807, 2.05) is 19.1 Å². The van der Waals surface area contributed by atoms with Crippen molar-refractivity contribution in [3.05, 3.63) is 23.3 Å². The standard InChI is InChI=1S/C14H21NO4S/c1-10-6-11-7-13(18-2)12(8-14(11)19-10)9-15-4-5-20(3,16)17/h7-8,10,15H,4-6,9H2,1-3H3. The second-order valence-corrected chi connectivity index (χ2v) is 7.47. The van der Waals surface area contributed by atoms with Gasteiger partial charge >= 0.3 is 0 Å². The van der Waals surface area contributed by atoms with Crippen molar-refractivity contribution in [2.45, 2.75) is 26.0 Å². The molecule has 20 heavy (non-hydrogen) atoms. The Balaban J connectivity index is 2.02. The van der Waals surface area contributed by atoms with E-state index in [9.17, 15) is 8.42 Å². The van der Waals surface area contributed by atoms with Gasteiger partial charge in [-0.25, -0.2) is 8.42 Å². The van der Waals surface area contributed by atoms with Crippen molar-refractivity contribution < 1.29 is 17.9 Å². The van der Waals surface area contributed by atoms with E-state index in [0.29, 0.717) is 13.1 Å². The summed E-state index contributed by atoms with van der Waals surface area (Å²) in [5.74, 6) is 1.85. The predicted molar refractivity (Wildman–Crippen MR) is 78.2 cm³/mol. The van der Waals surface area contributed by atoms with Gasteiger partial charge in [-0.05, 0) is 19.1 Å². The summed E-state index contributed by atoms with van der Waals surface area (Å²) in [5, 5.41) is 3.12. The fourth-order valence-corrected chi connectivity index (χ4v) is 2.81. The smallest absolute Gasteiger partial charge is 0.148 e. The summed E-state index contributed by atoms with van der Waals surface area (Å²) >= 11 is 0. The van der Waals surface area contributed by atoms with Gasteiger partial charge in [-0.1, -0.05) is 0 Å². The number of ether oxygens (including phenoxy) is 2. The van der Waals surface area contributed by atoms with Gasteiger partial charge in [0, 0.05) is 36.9 Å². The lowest BCUT2D eigenvalue weighted by atomic mass is 10.1. The molecule has 2 rings (SSSR count). The molecule has 1 heterocycles. The summed E-state index contributed by atoms with van der Waals surface area (Å²) in [4.78, 5) is 0. The number of rotatable bonds is 6. The van der Waals surface area contributed by atoms with Crippen LogP contribution in [0.2, 0.25) is 0 Å². The van der Waals surface area contributed by atoms with E-state index < -0.39 is 9.84 Å². The maximum atomic E-state index is 11.1. The molecule has 1 N–H and O–H groups in total. The molecule has 0 spiro atoms. The van der Waals surface area contributed by atoms with Gasteiger partial charge in [0.05, 0.1) is 12.9 Å². The molecule has 0 aliphatic carbocycles. The van der Waals surface area contributed by atoms with Crippen molar-refractivity contribution in [3.63, 3.8) is 0 Å². The summed E-state index contributed by atoms with van der Waals surface area (Å²) in [6.07, 6.45) is 2.33. The Kier molecular flexibility index (Phi) is 4.55. The van der Waals surface area contributed by atoms with E-state index in [-0.39, 0.29) is 11.9 Å². The van der Waals surface area contributed by atoms with Crippen LogP contribution in [0.15, 0.2) is 12.1 Å². The van der Waals surface area contributed by atoms with Crippen molar-refractivity contribution >= 4 is 9.84 Å². The molecule has 0 radical (unpaired) electrons. The van der Waals surface area contributed by atoms with E-state index >= 15 is 0 Å². The first kappa shape index (κ1) is 15.1. The zero-order chi connectivity index (χ0) is 14.8. The molecule has 112 valence electrons. The van der Waals surface area contributed by atoms with Crippen LogP contribution >= 0.6 is 0 Å². The molecule has 1 aliphatic heterocycles. The van der Waals surface area contributed by atoms with Crippen molar-refractivity contribution in [3.8, 4) is 11.5 Å². The third-order valence-electron chi connectivity index (χ3n) is 3.26. The van der Waals surface area contributed by atoms with Crippen LogP contribution in [0, 0.1) is 0 Å². The van der Waals surface area contributed by atoms with Gasteiger partial charge in [0.1, 0.15) is 27.4 Å². The average molecular weight is 299 g/mol. The van der Waals surface area contributed by atoms with Gasteiger partial charge in [0.2, 0.25) is 0 Å². The molecule has 1 aromatic carbocycles. The minimum absolute atomic E-state index is 0.133. The molecule has 0 bridgehead atoms. The van der Waals surface area contributed by atoms with Crippen LogP contribution in [-0.4, -0.2) is 40.2 Å². The Hall–Kier alpha value is -1.27. The monoisotopic (exact) mass is 299 g/mol. The van der Waals surface area contributed by atoms with Crippen molar-refractivity contribution in [1.29, 1.82) is 0 Å². The molecule has 6 heteroatoms. The Morgan fingerprint density at radius 1 is 1.45 bits per heavy atom. The van der Waals surface area contributed by atoms with Crippen LogP contribution in [0.1, 0.15) is 18.1 Å². The molecule has 0 saturated carbocycles. The van der Waals surface area contributed by atoms with Gasteiger partial charge in [-0.3, -0.25) is 0 Å². The normalized spacial score (nSPS) is 17.6. The highest BCUT2D eigenvalue weighted by Gasteiger charge is 2.21. The molecule has 1 aliphatic rings. The fraction of sp³-hybridized carbons (Fsp3) is 0.571. The van der Waals surface area contributed by atoms with Gasteiger partial charge in [-0.15, -0.1) is 0 Å². The van der Waals surface area contributed by atoms with Crippen LogP contribution in [0.3, 0.4) is 0 Å². The lowest BCUT2D eigenvalue weighted by Crippen LogP contribution is -2.22. The maximum absolute atomic E-state index is 11.1. The molecule has 0 amide bonds. The number of benzene rings is 1. The van der Waals surface area contributed by atoms with Gasteiger partial charge in [-0.2, -0.15) is 0 Å². The second-order valence-electron chi connectivity index (χ2n) is 5.21. The summed E-state index contributed by atoms with van der Waals surface area (Å²) in [6.45, 7) is 3.02. The Bertz CT molecular complexity index is 583. The van der Waals surface area contributed by atoms with Crippen molar-refractivity contribution in [2.75, 3.05) is 25.7 Å². The fourth-order valence-electron chi connectivity index (χ4n) is 2.29. The highest BCUT2D eigenvalue weighted by Crippen LogP contribution is 2.34. The van der Waals surface area contributed by atoms with Crippen LogP contribution in [0.5, 0.6) is 11.5 Å². The van der Waals surface area contributed by atoms with E-state index in [1.54, 1.807) is 7.11 Å². The van der Waals surface area contributed by atoms with Crippen LogP contribution in [0.25, 0.3) is 0 Å². The van der Waals surface area contributed by atoms with E-state index in [2.05, 4.69) is 5.32 Å². The zero-order valence-corrected chi connectivity index (χ0v) is 12.9. The molecule has 0 saturated heterocycles. The quantitative estimate of drug-likeness (QED) is 0.798. The van der Waals surface area contributed by atoms with E-state index in [0.717, 1.165) is 29.0 Å². The molecule has 0 aromatic heterocycles. The maximum Gasteiger partial charge on any atom is 0.148 e. The molecule has 5 nitrogen and oxygen atoms in total. The first-order valence-corrected chi connectivity index (χ1v) is 8.70. The second kappa shape index (κ2) is 6.01. The lowest BCUT2D eigenvalue weighted by molar-refractivity contribution is 0.254. The average Bonchev–Trinajstić information content (AvgIpc) is 2.71. The number of methoxy groups -OCH3 is 1. The molecule has 1 aromatic rings. The number of hydrogen-bond donors (Lipinski definition) is 1.